The molecule has 112 valence electrons. The molecule has 0 saturated carbocycles. The monoisotopic (exact) mass is 299 g/mol. The fraction of sp³-hybridized carbons (Fsp3) is 0.571. The van der Waals surface area contributed by atoms with Crippen LogP contribution in [0.3, 0.4) is 0 Å². The van der Waals surface area contributed by atoms with Crippen LogP contribution in [0.2, 0.25) is 0 Å². The van der Waals surface area contributed by atoms with Crippen molar-refractivity contribution in [2.75, 3.05) is 19.5 Å². The molecule has 20 heavy (non-hydrogen) atoms. The summed E-state index contributed by atoms with van der Waals surface area (Å²) < 4.78 is 11.0. The standard InChI is InChI=1S/C14H21NO4S/c1-4-14(5-2,10-20)9-19-13-8-11(15(16)17)6-7-12(13)18-3/h6-8,20H,4-5,9-10H2,1-3H3. The number of benzene rings is 1. The van der Waals surface area contributed by atoms with Gasteiger partial charge in [0.1, 0.15) is 0 Å². The fourth-order valence-corrected chi connectivity index (χ4v) is 2.38. The summed E-state index contributed by atoms with van der Waals surface area (Å²) in [6.45, 7) is 4.64. The molecule has 0 aliphatic heterocycles. The molecule has 6 heteroatoms. The highest BCUT2D eigenvalue weighted by molar-refractivity contribution is 7.80. The van der Waals surface area contributed by atoms with Gasteiger partial charge in [0.15, 0.2) is 11.5 Å². The largest absolute Gasteiger partial charge is 0.493 e. The van der Waals surface area contributed by atoms with Gasteiger partial charge in [-0.15, -0.1) is 0 Å². The maximum Gasteiger partial charge on any atom is 0.273 e. The Morgan fingerprint density at radius 2 is 1.95 bits per heavy atom. The molecule has 1 rings (SSSR count). The van der Waals surface area contributed by atoms with Gasteiger partial charge in [0.25, 0.3) is 5.69 Å². The summed E-state index contributed by atoms with van der Waals surface area (Å²) >= 11 is 4.39. The summed E-state index contributed by atoms with van der Waals surface area (Å²) in [7, 11) is 1.51. The lowest BCUT2D eigenvalue weighted by Crippen LogP contribution is -2.29. The van der Waals surface area contributed by atoms with Gasteiger partial charge in [-0.25, -0.2) is 0 Å². The van der Waals surface area contributed by atoms with Crippen molar-refractivity contribution in [1.29, 1.82) is 0 Å². The van der Waals surface area contributed by atoms with Crippen LogP contribution in [0.5, 0.6) is 11.5 Å². The number of nitrogens with zero attached hydrogens (tertiary/aromatic N) is 1. The van der Waals surface area contributed by atoms with E-state index in [1.807, 2.05) is 0 Å². The molecule has 0 fully saturated rings. The minimum absolute atomic E-state index is 0.00901. The van der Waals surface area contributed by atoms with Crippen molar-refractivity contribution in [1.82, 2.24) is 0 Å². The number of non-ortho nitro benzene ring substituents is 1. The molecule has 0 saturated heterocycles. The number of thiol groups is 1. The SMILES string of the molecule is CCC(CC)(CS)COc1cc([N+](=O)[O-])ccc1OC. The number of nitro groups is 1. The fourth-order valence-electron chi connectivity index (χ4n) is 1.85. The molecular weight excluding hydrogens is 278 g/mol. The molecule has 0 N–H and O–H groups in total. The Morgan fingerprint density at radius 3 is 2.40 bits per heavy atom. The third-order valence-electron chi connectivity index (χ3n) is 3.73. The van der Waals surface area contributed by atoms with E-state index in [-0.39, 0.29) is 11.1 Å². The summed E-state index contributed by atoms with van der Waals surface area (Å²) in [6.07, 6.45) is 1.87. The zero-order valence-corrected chi connectivity index (χ0v) is 13.0. The molecule has 0 radical (unpaired) electrons. The molecule has 0 aromatic heterocycles. The Morgan fingerprint density at radius 1 is 1.30 bits per heavy atom. The van der Waals surface area contributed by atoms with Gasteiger partial charge in [0.05, 0.1) is 24.7 Å². The Bertz CT molecular complexity index is 452. The smallest absolute Gasteiger partial charge is 0.273 e. The van der Waals surface area contributed by atoms with Crippen molar-refractivity contribution >= 4 is 18.3 Å². The molecule has 1 aromatic carbocycles. The second-order valence-corrected chi connectivity index (χ2v) is 5.06. The first-order chi connectivity index (χ1) is 9.51. The normalized spacial score (nSPS) is 11.2. The van der Waals surface area contributed by atoms with E-state index in [0.29, 0.717) is 23.9 Å². The van der Waals surface area contributed by atoms with Crippen molar-refractivity contribution in [2.24, 2.45) is 5.41 Å². The van der Waals surface area contributed by atoms with E-state index in [1.165, 1.54) is 19.2 Å². The van der Waals surface area contributed by atoms with Crippen molar-refractivity contribution in [3.63, 3.8) is 0 Å². The first-order valence-corrected chi connectivity index (χ1v) is 7.21. The van der Waals surface area contributed by atoms with E-state index < -0.39 is 4.92 Å². The third-order valence-corrected chi connectivity index (χ3v) is 4.40. The van der Waals surface area contributed by atoms with Crippen LogP contribution in [0.4, 0.5) is 5.69 Å². The van der Waals surface area contributed by atoms with Crippen molar-refractivity contribution < 1.29 is 14.4 Å². The van der Waals surface area contributed by atoms with Crippen LogP contribution in [-0.2, 0) is 0 Å². The molecule has 0 aliphatic rings. The molecule has 5 nitrogen and oxygen atoms in total. The van der Waals surface area contributed by atoms with Crippen LogP contribution in [0.25, 0.3) is 0 Å². The summed E-state index contributed by atoms with van der Waals surface area (Å²) in [5.74, 6) is 1.60. The van der Waals surface area contributed by atoms with Gasteiger partial charge in [0.2, 0.25) is 0 Å². The van der Waals surface area contributed by atoms with Crippen LogP contribution < -0.4 is 9.47 Å². The average Bonchev–Trinajstić information content (AvgIpc) is 2.49. The highest BCUT2D eigenvalue weighted by atomic mass is 32.1. The number of hydrogen-bond acceptors (Lipinski definition) is 5. The Kier molecular flexibility index (Phi) is 6.13. The van der Waals surface area contributed by atoms with Crippen LogP contribution in [0.1, 0.15) is 26.7 Å². The van der Waals surface area contributed by atoms with E-state index in [4.69, 9.17) is 9.47 Å². The average molecular weight is 299 g/mol. The number of ether oxygens (including phenoxy) is 2. The van der Waals surface area contributed by atoms with Crippen LogP contribution in [0.15, 0.2) is 18.2 Å². The van der Waals surface area contributed by atoms with Gasteiger partial charge in [-0.2, -0.15) is 12.6 Å². The molecule has 0 bridgehead atoms. The van der Waals surface area contributed by atoms with Crippen LogP contribution >= 0.6 is 12.6 Å². The maximum absolute atomic E-state index is 10.8. The van der Waals surface area contributed by atoms with E-state index in [0.717, 1.165) is 12.8 Å². The number of methoxy groups -OCH3 is 1. The first-order valence-electron chi connectivity index (χ1n) is 6.58. The van der Waals surface area contributed by atoms with Gasteiger partial charge >= 0.3 is 0 Å². The summed E-state index contributed by atoms with van der Waals surface area (Å²) in [4.78, 5) is 10.4. The van der Waals surface area contributed by atoms with Crippen molar-refractivity contribution in [2.45, 2.75) is 26.7 Å². The minimum Gasteiger partial charge on any atom is -0.493 e. The lowest BCUT2D eigenvalue weighted by atomic mass is 9.85. The van der Waals surface area contributed by atoms with Gasteiger partial charge in [-0.1, -0.05) is 13.8 Å². The quantitative estimate of drug-likeness (QED) is 0.451. The minimum atomic E-state index is -0.447. The van der Waals surface area contributed by atoms with Gasteiger partial charge in [-0.3, -0.25) is 10.1 Å². The lowest BCUT2D eigenvalue weighted by Gasteiger charge is -2.29. The predicted molar refractivity (Wildman–Crippen MR) is 82.0 cm³/mol. The van der Waals surface area contributed by atoms with E-state index >= 15 is 0 Å². The number of rotatable bonds is 8. The molecular formula is C14H21NO4S. The van der Waals surface area contributed by atoms with E-state index in [1.54, 1.807) is 6.07 Å². The molecule has 1 aromatic rings. The van der Waals surface area contributed by atoms with Crippen molar-refractivity contribution in [3.8, 4) is 11.5 Å². The summed E-state index contributed by atoms with van der Waals surface area (Å²) in [5, 5.41) is 10.8. The lowest BCUT2D eigenvalue weighted by molar-refractivity contribution is -0.385. The zero-order valence-electron chi connectivity index (χ0n) is 12.1. The zero-order chi connectivity index (χ0) is 15.2. The Labute approximate surface area is 124 Å². The predicted octanol–water partition coefficient (Wildman–Crippen LogP) is 3.72. The first kappa shape index (κ1) is 16.6. The molecule has 0 atom stereocenters. The highest BCUT2D eigenvalue weighted by Gasteiger charge is 2.26. The molecule has 0 unspecified atom stereocenters. The van der Waals surface area contributed by atoms with Crippen molar-refractivity contribution in [3.05, 3.63) is 28.3 Å². The van der Waals surface area contributed by atoms with Gasteiger partial charge in [0, 0.05) is 11.5 Å². The molecule has 0 aliphatic carbocycles. The van der Waals surface area contributed by atoms with Gasteiger partial charge in [-0.05, 0) is 24.7 Å². The second-order valence-electron chi connectivity index (χ2n) is 4.75. The Hall–Kier alpha value is -1.43. The molecule has 0 heterocycles. The Balaban J connectivity index is 2.95. The number of nitro benzene ring substituents is 1. The molecule has 0 amide bonds. The topological polar surface area (TPSA) is 61.6 Å². The van der Waals surface area contributed by atoms with Crippen LogP contribution in [0, 0.1) is 15.5 Å². The van der Waals surface area contributed by atoms with Gasteiger partial charge < -0.3 is 9.47 Å². The van der Waals surface area contributed by atoms with E-state index in [2.05, 4.69) is 26.5 Å². The summed E-state index contributed by atoms with van der Waals surface area (Å²) in [5.41, 5.74) is -0.0380. The van der Waals surface area contributed by atoms with Crippen LogP contribution in [-0.4, -0.2) is 24.4 Å². The molecule has 0 spiro atoms. The highest BCUT2D eigenvalue weighted by Crippen LogP contribution is 2.34. The van der Waals surface area contributed by atoms with E-state index in [9.17, 15) is 10.1 Å². The maximum atomic E-state index is 10.8. The number of hydrogen-bond donors (Lipinski definition) is 1. The third kappa shape index (κ3) is 3.79. The second kappa shape index (κ2) is 7.38. The summed E-state index contributed by atoms with van der Waals surface area (Å²) in [6, 6.07) is 4.35.